The second kappa shape index (κ2) is 13.4. The molecule has 2 N–H and O–H groups in total. The molecule has 3 amide bonds. The summed E-state index contributed by atoms with van der Waals surface area (Å²) in [5, 5.41) is 5.67. The minimum absolute atomic E-state index is 0.209. The van der Waals surface area contributed by atoms with Crippen LogP contribution in [-0.2, 0) is 14.3 Å². The van der Waals surface area contributed by atoms with Crippen LogP contribution in [-0.4, -0.2) is 47.0 Å². The van der Waals surface area contributed by atoms with Crippen molar-refractivity contribution < 1.29 is 19.1 Å². The molecule has 0 heterocycles. The van der Waals surface area contributed by atoms with Gasteiger partial charge in [0.15, 0.2) is 0 Å². The summed E-state index contributed by atoms with van der Waals surface area (Å²) in [6.07, 6.45) is 2.97. The largest absolute Gasteiger partial charge is 0.444 e. The van der Waals surface area contributed by atoms with Crippen molar-refractivity contribution in [1.29, 1.82) is 0 Å². The first kappa shape index (κ1) is 29.5. The summed E-state index contributed by atoms with van der Waals surface area (Å²) in [6, 6.07) is 4.08. The van der Waals surface area contributed by atoms with E-state index in [1.54, 1.807) is 32.6 Å². The van der Waals surface area contributed by atoms with Gasteiger partial charge in [-0.1, -0.05) is 56.0 Å². The van der Waals surface area contributed by atoms with Crippen molar-refractivity contribution in [2.75, 3.05) is 6.54 Å². The Balaban J connectivity index is 3.34. The average molecular weight is 476 g/mol. The molecule has 3 unspecified atom stereocenters. The predicted octanol–water partition coefficient (Wildman–Crippen LogP) is 5.19. The number of carbonyl (C=O) groups is 3. The smallest absolute Gasteiger partial charge is 0.408 e. The number of ether oxygens (including phenoxy) is 1. The highest BCUT2D eigenvalue weighted by Crippen LogP contribution is 2.28. The number of rotatable bonds is 11. The molecule has 0 spiro atoms. The Labute approximate surface area is 206 Å². The standard InChI is InChI=1S/C27H45N3O4/c1-10-12-13-14-28-24(31)23(22-16-18(3)15-19(4)17-22)30(20(5)11-2)25(32)21(6)29-26(33)34-27(7,8)9/h15-17,20-21,23H,10-14H2,1-9H3,(H,28,31)(H,29,33). The number of hydrogen-bond acceptors (Lipinski definition) is 4. The summed E-state index contributed by atoms with van der Waals surface area (Å²) in [7, 11) is 0. The Morgan fingerprint density at radius 3 is 2.09 bits per heavy atom. The van der Waals surface area contributed by atoms with Crippen LogP contribution < -0.4 is 10.6 Å². The number of carbonyl (C=O) groups excluding carboxylic acids is 3. The zero-order valence-corrected chi connectivity index (χ0v) is 22.6. The molecule has 7 nitrogen and oxygen atoms in total. The third-order valence-electron chi connectivity index (χ3n) is 5.59. The van der Waals surface area contributed by atoms with E-state index in [1.807, 2.05) is 45.9 Å². The monoisotopic (exact) mass is 475 g/mol. The first-order valence-corrected chi connectivity index (χ1v) is 12.5. The van der Waals surface area contributed by atoms with Crippen LogP contribution in [0.25, 0.3) is 0 Å². The fraction of sp³-hybridized carbons (Fsp3) is 0.667. The SMILES string of the molecule is CCCCCNC(=O)C(c1cc(C)cc(C)c1)N(C(=O)C(C)NC(=O)OC(C)(C)C)C(C)CC. The van der Waals surface area contributed by atoms with Crippen molar-refractivity contribution in [3.63, 3.8) is 0 Å². The lowest BCUT2D eigenvalue weighted by atomic mass is 9.97. The van der Waals surface area contributed by atoms with Gasteiger partial charge in [-0.05, 0) is 66.9 Å². The molecule has 0 aliphatic carbocycles. The maximum absolute atomic E-state index is 13.7. The van der Waals surface area contributed by atoms with Crippen LogP contribution in [0.3, 0.4) is 0 Å². The van der Waals surface area contributed by atoms with E-state index in [1.165, 1.54) is 0 Å². The van der Waals surface area contributed by atoms with Gasteiger partial charge in [-0.25, -0.2) is 4.79 Å². The maximum Gasteiger partial charge on any atom is 0.408 e. The minimum atomic E-state index is -0.856. The first-order valence-electron chi connectivity index (χ1n) is 12.5. The van der Waals surface area contributed by atoms with E-state index in [0.717, 1.165) is 36.0 Å². The Kier molecular flexibility index (Phi) is 11.6. The molecule has 1 aromatic carbocycles. The van der Waals surface area contributed by atoms with Crippen molar-refractivity contribution in [3.05, 3.63) is 34.9 Å². The zero-order chi connectivity index (χ0) is 26.1. The number of aryl methyl sites for hydroxylation is 2. The summed E-state index contributed by atoms with van der Waals surface area (Å²) in [4.78, 5) is 41.1. The summed E-state index contributed by atoms with van der Waals surface area (Å²) >= 11 is 0. The van der Waals surface area contributed by atoms with E-state index in [4.69, 9.17) is 4.74 Å². The molecule has 1 rings (SSSR count). The zero-order valence-electron chi connectivity index (χ0n) is 22.6. The van der Waals surface area contributed by atoms with Crippen molar-refractivity contribution in [2.45, 2.75) is 112 Å². The summed E-state index contributed by atoms with van der Waals surface area (Å²) in [5.41, 5.74) is 2.14. The summed E-state index contributed by atoms with van der Waals surface area (Å²) in [6.45, 7) is 17.5. The average Bonchev–Trinajstić information content (AvgIpc) is 2.71. The van der Waals surface area contributed by atoms with E-state index in [2.05, 4.69) is 17.6 Å². The van der Waals surface area contributed by atoms with Gasteiger partial charge in [0.05, 0.1) is 0 Å². The highest BCUT2D eigenvalue weighted by molar-refractivity contribution is 5.92. The highest BCUT2D eigenvalue weighted by Gasteiger charge is 2.37. The molecule has 0 aromatic heterocycles. The van der Waals surface area contributed by atoms with Gasteiger partial charge in [0.2, 0.25) is 11.8 Å². The van der Waals surface area contributed by atoms with Gasteiger partial charge in [0, 0.05) is 12.6 Å². The Bertz CT molecular complexity index is 811. The maximum atomic E-state index is 13.7. The fourth-order valence-electron chi connectivity index (χ4n) is 3.85. The molecule has 0 fully saturated rings. The Morgan fingerprint density at radius 2 is 1.59 bits per heavy atom. The molecule has 7 heteroatoms. The van der Waals surface area contributed by atoms with E-state index in [9.17, 15) is 14.4 Å². The third-order valence-corrected chi connectivity index (χ3v) is 5.59. The van der Waals surface area contributed by atoms with Crippen LogP contribution >= 0.6 is 0 Å². The van der Waals surface area contributed by atoms with E-state index >= 15 is 0 Å². The normalized spacial score (nSPS) is 14.0. The fourth-order valence-corrected chi connectivity index (χ4v) is 3.85. The topological polar surface area (TPSA) is 87.7 Å². The van der Waals surface area contributed by atoms with Gasteiger partial charge in [-0.3, -0.25) is 9.59 Å². The summed E-state index contributed by atoms with van der Waals surface area (Å²) in [5.74, 6) is -0.535. The van der Waals surface area contributed by atoms with Crippen LogP contribution in [0.4, 0.5) is 4.79 Å². The van der Waals surface area contributed by atoms with Crippen LogP contribution in [0.2, 0.25) is 0 Å². The number of alkyl carbamates (subject to hydrolysis) is 1. The lowest BCUT2D eigenvalue weighted by Gasteiger charge is -2.37. The van der Waals surface area contributed by atoms with Gasteiger partial charge in [-0.2, -0.15) is 0 Å². The molecule has 1 aromatic rings. The quantitative estimate of drug-likeness (QED) is 0.431. The van der Waals surface area contributed by atoms with Crippen LogP contribution in [0.1, 0.15) is 96.9 Å². The van der Waals surface area contributed by atoms with Crippen LogP contribution in [0, 0.1) is 13.8 Å². The number of nitrogens with zero attached hydrogens (tertiary/aromatic N) is 1. The third kappa shape index (κ3) is 9.35. The second-order valence-corrected chi connectivity index (χ2v) is 10.2. The summed E-state index contributed by atoms with van der Waals surface area (Å²) < 4.78 is 5.33. The van der Waals surface area contributed by atoms with Gasteiger partial charge in [-0.15, -0.1) is 0 Å². The molecule has 0 aliphatic heterocycles. The lowest BCUT2D eigenvalue weighted by Crippen LogP contribution is -2.54. The Hall–Kier alpha value is -2.57. The second-order valence-electron chi connectivity index (χ2n) is 10.2. The number of unbranched alkanes of at least 4 members (excludes halogenated alkanes) is 2. The molecule has 3 atom stereocenters. The molecule has 0 saturated heterocycles. The molecular formula is C27H45N3O4. The van der Waals surface area contributed by atoms with Crippen molar-refractivity contribution in [3.8, 4) is 0 Å². The lowest BCUT2D eigenvalue weighted by molar-refractivity contribution is -0.144. The molecule has 0 saturated carbocycles. The minimum Gasteiger partial charge on any atom is -0.444 e. The first-order chi connectivity index (χ1) is 15.8. The van der Waals surface area contributed by atoms with Gasteiger partial charge < -0.3 is 20.3 Å². The van der Waals surface area contributed by atoms with Gasteiger partial charge in [0.25, 0.3) is 0 Å². The van der Waals surface area contributed by atoms with Gasteiger partial charge >= 0.3 is 6.09 Å². The molecular weight excluding hydrogens is 430 g/mol. The highest BCUT2D eigenvalue weighted by atomic mass is 16.6. The van der Waals surface area contributed by atoms with E-state index < -0.39 is 23.8 Å². The number of nitrogens with one attached hydrogen (secondary N) is 2. The van der Waals surface area contributed by atoms with Gasteiger partial charge in [0.1, 0.15) is 17.7 Å². The van der Waals surface area contributed by atoms with E-state index in [0.29, 0.717) is 13.0 Å². The molecule has 0 radical (unpaired) electrons. The van der Waals surface area contributed by atoms with Crippen molar-refractivity contribution in [1.82, 2.24) is 15.5 Å². The van der Waals surface area contributed by atoms with Crippen LogP contribution in [0.5, 0.6) is 0 Å². The molecule has 34 heavy (non-hydrogen) atoms. The predicted molar refractivity (Wildman–Crippen MR) is 137 cm³/mol. The van der Waals surface area contributed by atoms with Crippen LogP contribution in [0.15, 0.2) is 18.2 Å². The van der Waals surface area contributed by atoms with Crippen molar-refractivity contribution in [2.24, 2.45) is 0 Å². The molecule has 192 valence electrons. The number of hydrogen-bond donors (Lipinski definition) is 2. The number of benzene rings is 1. The number of amides is 3. The Morgan fingerprint density at radius 1 is 1.00 bits per heavy atom. The molecule has 0 aliphatic rings. The molecule has 0 bridgehead atoms. The van der Waals surface area contributed by atoms with Crippen molar-refractivity contribution >= 4 is 17.9 Å². The van der Waals surface area contributed by atoms with E-state index in [-0.39, 0.29) is 17.9 Å².